The third-order valence-corrected chi connectivity index (χ3v) is 3.27. The second-order valence-electron chi connectivity index (χ2n) is 3.41. The number of rotatable bonds is 4. The minimum Gasteiger partial charge on any atom is -0.495 e. The van der Waals surface area contributed by atoms with Crippen LogP contribution in [0.2, 0.25) is 5.02 Å². The maximum Gasteiger partial charge on any atom is 0.137 e. The Balaban J connectivity index is 3.04. The van der Waals surface area contributed by atoms with E-state index in [1.807, 2.05) is 25.3 Å². The predicted molar refractivity (Wildman–Crippen MR) is 68.1 cm³/mol. The van der Waals surface area contributed by atoms with Gasteiger partial charge in [-0.25, -0.2) is 0 Å². The molecule has 0 bridgehead atoms. The van der Waals surface area contributed by atoms with Gasteiger partial charge in [0.25, 0.3) is 0 Å². The Morgan fingerprint density at radius 1 is 1.53 bits per heavy atom. The van der Waals surface area contributed by atoms with Gasteiger partial charge in [0.1, 0.15) is 5.75 Å². The number of benzene rings is 1. The average Bonchev–Trinajstić information content (AvgIpc) is 2.21. The Bertz CT molecular complexity index is 344. The van der Waals surface area contributed by atoms with Crippen LogP contribution in [0.3, 0.4) is 0 Å². The quantitative estimate of drug-likeness (QED) is 0.886. The number of halogens is 1. The van der Waals surface area contributed by atoms with Gasteiger partial charge < -0.3 is 10.5 Å². The van der Waals surface area contributed by atoms with Crippen molar-refractivity contribution in [3.63, 3.8) is 0 Å². The summed E-state index contributed by atoms with van der Waals surface area (Å²) in [6.45, 7) is 2.02. The minimum absolute atomic E-state index is 0.0309. The van der Waals surface area contributed by atoms with Crippen molar-refractivity contribution in [1.82, 2.24) is 0 Å². The molecule has 1 aromatic rings. The molecule has 2 N–H and O–H groups in total. The first-order valence-corrected chi connectivity index (χ1v) is 6.46. The van der Waals surface area contributed by atoms with Crippen molar-refractivity contribution >= 4 is 23.4 Å². The molecule has 84 valence electrons. The van der Waals surface area contributed by atoms with E-state index >= 15 is 0 Å². The van der Waals surface area contributed by atoms with Gasteiger partial charge in [0.15, 0.2) is 0 Å². The molecule has 2 nitrogen and oxygen atoms in total. The summed E-state index contributed by atoms with van der Waals surface area (Å²) < 4.78 is 5.14. The normalized spacial score (nSPS) is 12.6. The summed E-state index contributed by atoms with van der Waals surface area (Å²) in [7, 11) is 1.61. The first-order chi connectivity index (χ1) is 7.10. The fourth-order valence-electron chi connectivity index (χ4n) is 1.50. The fourth-order valence-corrected chi connectivity index (χ4v) is 2.28. The highest BCUT2D eigenvalue weighted by Crippen LogP contribution is 2.30. The summed E-state index contributed by atoms with van der Waals surface area (Å²) >= 11 is 7.79. The Labute approximate surface area is 100 Å². The van der Waals surface area contributed by atoms with Gasteiger partial charge in [0, 0.05) is 11.8 Å². The molecule has 0 fully saturated rings. The molecule has 0 amide bonds. The molecule has 15 heavy (non-hydrogen) atoms. The van der Waals surface area contributed by atoms with Crippen molar-refractivity contribution in [2.75, 3.05) is 19.1 Å². The van der Waals surface area contributed by atoms with Crippen LogP contribution in [0.4, 0.5) is 0 Å². The summed E-state index contributed by atoms with van der Waals surface area (Å²) in [5.74, 6) is 1.60. The Kier molecular flexibility index (Phi) is 4.77. The van der Waals surface area contributed by atoms with Gasteiger partial charge in [-0.2, -0.15) is 11.8 Å². The van der Waals surface area contributed by atoms with Crippen LogP contribution in [0.15, 0.2) is 12.1 Å². The van der Waals surface area contributed by atoms with Gasteiger partial charge in [-0.3, -0.25) is 0 Å². The highest BCUT2D eigenvalue weighted by atomic mass is 35.5. The summed E-state index contributed by atoms with van der Waals surface area (Å²) in [6.07, 6.45) is 2.04. The lowest BCUT2D eigenvalue weighted by Gasteiger charge is -2.15. The first kappa shape index (κ1) is 12.7. The highest BCUT2D eigenvalue weighted by Gasteiger charge is 2.12. The second-order valence-corrected chi connectivity index (χ2v) is 4.72. The molecule has 0 spiro atoms. The SMILES string of the molecule is COc1cc(C)c(C(N)CSC)cc1Cl. The van der Waals surface area contributed by atoms with Crippen molar-refractivity contribution in [1.29, 1.82) is 0 Å². The number of thioether (sulfide) groups is 1. The second kappa shape index (κ2) is 5.64. The summed E-state index contributed by atoms with van der Waals surface area (Å²) in [5, 5.41) is 0.620. The number of aryl methyl sites for hydroxylation is 1. The minimum atomic E-state index is 0.0309. The lowest BCUT2D eigenvalue weighted by molar-refractivity contribution is 0.414. The zero-order valence-electron chi connectivity index (χ0n) is 9.21. The molecule has 1 rings (SSSR count). The molecule has 0 aliphatic carbocycles. The molecular formula is C11H16ClNOS. The van der Waals surface area contributed by atoms with Gasteiger partial charge in [-0.15, -0.1) is 0 Å². The van der Waals surface area contributed by atoms with E-state index in [9.17, 15) is 0 Å². The Hall–Kier alpha value is -0.380. The largest absolute Gasteiger partial charge is 0.495 e. The van der Waals surface area contributed by atoms with Crippen molar-refractivity contribution in [2.45, 2.75) is 13.0 Å². The van der Waals surface area contributed by atoms with Crippen molar-refractivity contribution in [2.24, 2.45) is 5.73 Å². The van der Waals surface area contributed by atoms with E-state index < -0.39 is 0 Å². The van der Waals surface area contributed by atoms with Crippen LogP contribution >= 0.6 is 23.4 Å². The van der Waals surface area contributed by atoms with Crippen LogP contribution in [0.25, 0.3) is 0 Å². The van der Waals surface area contributed by atoms with Crippen molar-refractivity contribution in [3.05, 3.63) is 28.3 Å². The maximum absolute atomic E-state index is 6.06. The fraction of sp³-hybridized carbons (Fsp3) is 0.455. The van der Waals surface area contributed by atoms with Gasteiger partial charge in [-0.05, 0) is 36.4 Å². The molecule has 1 atom stereocenters. The van der Waals surface area contributed by atoms with Gasteiger partial charge in [0.2, 0.25) is 0 Å². The third-order valence-electron chi connectivity index (χ3n) is 2.29. The zero-order chi connectivity index (χ0) is 11.4. The van der Waals surface area contributed by atoms with Gasteiger partial charge >= 0.3 is 0 Å². The molecule has 0 radical (unpaired) electrons. The Morgan fingerprint density at radius 2 is 2.20 bits per heavy atom. The molecule has 0 saturated heterocycles. The van der Waals surface area contributed by atoms with Crippen LogP contribution < -0.4 is 10.5 Å². The van der Waals surface area contributed by atoms with E-state index in [2.05, 4.69) is 0 Å². The van der Waals surface area contributed by atoms with E-state index in [-0.39, 0.29) is 6.04 Å². The number of ether oxygens (including phenoxy) is 1. The zero-order valence-corrected chi connectivity index (χ0v) is 10.8. The number of hydrogen-bond donors (Lipinski definition) is 1. The summed E-state index contributed by atoms with van der Waals surface area (Å²) in [5.41, 5.74) is 8.26. The Morgan fingerprint density at radius 3 is 2.73 bits per heavy atom. The molecule has 0 saturated carbocycles. The molecule has 0 aliphatic rings. The number of methoxy groups -OCH3 is 1. The molecule has 1 unspecified atom stereocenters. The van der Waals surface area contributed by atoms with E-state index in [1.165, 1.54) is 0 Å². The first-order valence-electron chi connectivity index (χ1n) is 4.68. The van der Waals surface area contributed by atoms with Gasteiger partial charge in [-0.1, -0.05) is 11.6 Å². The number of hydrogen-bond acceptors (Lipinski definition) is 3. The lowest BCUT2D eigenvalue weighted by atomic mass is 10.0. The average molecular weight is 246 g/mol. The van der Waals surface area contributed by atoms with E-state index in [0.717, 1.165) is 16.9 Å². The lowest BCUT2D eigenvalue weighted by Crippen LogP contribution is -2.14. The third kappa shape index (κ3) is 3.03. The van der Waals surface area contributed by atoms with Crippen LogP contribution in [-0.4, -0.2) is 19.1 Å². The van der Waals surface area contributed by atoms with Gasteiger partial charge in [0.05, 0.1) is 12.1 Å². The van der Waals surface area contributed by atoms with E-state index in [0.29, 0.717) is 10.8 Å². The van der Waals surface area contributed by atoms with E-state index in [1.54, 1.807) is 18.9 Å². The van der Waals surface area contributed by atoms with E-state index in [4.69, 9.17) is 22.1 Å². The van der Waals surface area contributed by atoms with Crippen molar-refractivity contribution in [3.8, 4) is 5.75 Å². The topological polar surface area (TPSA) is 35.2 Å². The predicted octanol–water partition coefficient (Wildman–Crippen LogP) is 3.02. The standard InChI is InChI=1S/C11H16ClNOS/c1-7-4-11(14-2)9(12)5-8(7)10(13)6-15-3/h4-5,10H,6,13H2,1-3H3. The molecule has 0 heterocycles. The highest BCUT2D eigenvalue weighted by molar-refractivity contribution is 7.98. The van der Waals surface area contributed by atoms with Crippen LogP contribution in [0.1, 0.15) is 17.2 Å². The molecule has 1 aromatic carbocycles. The summed E-state index contributed by atoms with van der Waals surface area (Å²) in [6, 6.07) is 3.86. The van der Waals surface area contributed by atoms with Crippen molar-refractivity contribution < 1.29 is 4.74 Å². The molecule has 0 aliphatic heterocycles. The molecule has 4 heteroatoms. The van der Waals surface area contributed by atoms with Crippen LogP contribution in [0, 0.1) is 6.92 Å². The smallest absolute Gasteiger partial charge is 0.137 e. The number of nitrogens with two attached hydrogens (primary N) is 1. The maximum atomic E-state index is 6.06. The molecule has 0 aromatic heterocycles. The van der Waals surface area contributed by atoms with Crippen LogP contribution in [0.5, 0.6) is 5.75 Å². The van der Waals surface area contributed by atoms with Crippen LogP contribution in [-0.2, 0) is 0 Å². The molecular weight excluding hydrogens is 230 g/mol. The monoisotopic (exact) mass is 245 g/mol. The summed E-state index contributed by atoms with van der Waals surface area (Å²) in [4.78, 5) is 0.